The number of hydrogen-bond donors (Lipinski definition) is 0. The molecule has 2 aromatic rings. The molecule has 0 aliphatic carbocycles. The minimum atomic E-state index is -0.457. The summed E-state index contributed by atoms with van der Waals surface area (Å²) < 4.78 is 10.7. The average molecular weight is 368 g/mol. The fourth-order valence-corrected chi connectivity index (χ4v) is 3.13. The maximum atomic E-state index is 12.6. The Balaban J connectivity index is 1.77. The van der Waals surface area contributed by atoms with Crippen LogP contribution in [-0.2, 0) is 17.8 Å². The molecule has 7 nitrogen and oxygen atoms in total. The third-order valence-corrected chi connectivity index (χ3v) is 4.57. The molecular weight excluding hydrogens is 348 g/mol. The molecule has 0 radical (unpaired) electrons. The molecule has 1 aliphatic rings. The molecule has 0 N–H and O–H groups in total. The van der Waals surface area contributed by atoms with E-state index in [0.717, 1.165) is 11.1 Å². The largest absolute Gasteiger partial charge is 0.493 e. The highest BCUT2D eigenvalue weighted by Crippen LogP contribution is 2.33. The van der Waals surface area contributed by atoms with Gasteiger partial charge in [-0.25, -0.2) is 0 Å². The van der Waals surface area contributed by atoms with Crippen LogP contribution in [-0.4, -0.2) is 36.5 Å². The summed E-state index contributed by atoms with van der Waals surface area (Å²) in [5.41, 5.74) is 2.51. The van der Waals surface area contributed by atoms with Gasteiger partial charge in [0.25, 0.3) is 5.69 Å². The molecule has 1 amide bonds. The Bertz CT molecular complexity index is 907. The lowest BCUT2D eigenvalue weighted by atomic mass is 9.98. The van der Waals surface area contributed by atoms with Gasteiger partial charge in [-0.05, 0) is 41.8 Å². The van der Waals surface area contributed by atoms with Gasteiger partial charge in [-0.3, -0.25) is 14.9 Å². The van der Waals surface area contributed by atoms with Gasteiger partial charge in [0.15, 0.2) is 11.5 Å². The Morgan fingerprint density at radius 2 is 1.81 bits per heavy atom. The molecule has 0 atom stereocenters. The molecule has 140 valence electrons. The minimum absolute atomic E-state index is 0.0256. The third kappa shape index (κ3) is 3.92. The van der Waals surface area contributed by atoms with Crippen LogP contribution >= 0.6 is 0 Å². The number of methoxy groups -OCH3 is 2. The molecule has 7 heteroatoms. The van der Waals surface area contributed by atoms with Crippen LogP contribution in [0.2, 0.25) is 0 Å². The van der Waals surface area contributed by atoms with Crippen molar-refractivity contribution < 1.29 is 19.2 Å². The number of nitro groups is 1. The summed E-state index contributed by atoms with van der Waals surface area (Å²) in [5, 5.41) is 11.1. The SMILES string of the molecule is COc1cc2c(cc1OC)CN(C(=O)/C=C/c1ccccc1[N+](=O)[O-])CC2. The zero-order chi connectivity index (χ0) is 19.4. The van der Waals surface area contributed by atoms with E-state index in [9.17, 15) is 14.9 Å². The van der Waals surface area contributed by atoms with Crippen molar-refractivity contribution in [3.05, 3.63) is 69.3 Å². The number of benzene rings is 2. The first-order valence-corrected chi connectivity index (χ1v) is 8.47. The molecule has 2 aromatic carbocycles. The number of amides is 1. The second kappa shape index (κ2) is 7.90. The number of nitrogens with zero attached hydrogens (tertiary/aromatic N) is 2. The third-order valence-electron chi connectivity index (χ3n) is 4.57. The number of ether oxygens (including phenoxy) is 2. The first-order chi connectivity index (χ1) is 13.0. The summed E-state index contributed by atoms with van der Waals surface area (Å²) in [6.07, 6.45) is 3.58. The van der Waals surface area contributed by atoms with Crippen molar-refractivity contribution >= 4 is 17.7 Å². The monoisotopic (exact) mass is 368 g/mol. The molecule has 0 unspecified atom stereocenters. The number of hydrogen-bond acceptors (Lipinski definition) is 5. The van der Waals surface area contributed by atoms with E-state index in [4.69, 9.17) is 9.47 Å². The van der Waals surface area contributed by atoms with Crippen molar-refractivity contribution in [2.24, 2.45) is 0 Å². The topological polar surface area (TPSA) is 81.9 Å². The second-order valence-corrected chi connectivity index (χ2v) is 6.13. The van der Waals surface area contributed by atoms with Gasteiger partial charge in [0.1, 0.15) is 0 Å². The summed E-state index contributed by atoms with van der Waals surface area (Å²) >= 11 is 0. The maximum Gasteiger partial charge on any atom is 0.276 e. The molecule has 0 saturated carbocycles. The highest BCUT2D eigenvalue weighted by molar-refractivity contribution is 5.92. The number of nitro benzene ring substituents is 1. The normalized spacial score (nSPS) is 13.3. The Morgan fingerprint density at radius 1 is 1.15 bits per heavy atom. The summed E-state index contributed by atoms with van der Waals surface area (Å²) in [5.74, 6) is 1.11. The van der Waals surface area contributed by atoms with Gasteiger partial charge in [0.2, 0.25) is 5.91 Å². The van der Waals surface area contributed by atoms with Crippen molar-refractivity contribution in [3.63, 3.8) is 0 Å². The standard InChI is InChI=1S/C20H20N2O5/c1-26-18-11-15-9-10-21(13-16(15)12-19(18)27-2)20(23)8-7-14-5-3-4-6-17(14)22(24)25/h3-8,11-12H,9-10,13H2,1-2H3/b8-7+. The molecule has 0 fully saturated rings. The zero-order valence-electron chi connectivity index (χ0n) is 15.2. The van der Waals surface area contributed by atoms with E-state index in [0.29, 0.717) is 36.6 Å². The van der Waals surface area contributed by atoms with E-state index in [1.54, 1.807) is 37.3 Å². The van der Waals surface area contributed by atoms with Crippen LogP contribution in [0.25, 0.3) is 6.08 Å². The number of carbonyl (C=O) groups excluding carboxylic acids is 1. The van der Waals surface area contributed by atoms with E-state index in [1.165, 1.54) is 18.2 Å². The first-order valence-electron chi connectivity index (χ1n) is 8.47. The Morgan fingerprint density at radius 3 is 2.48 bits per heavy atom. The van der Waals surface area contributed by atoms with E-state index in [2.05, 4.69) is 0 Å². The van der Waals surface area contributed by atoms with Crippen molar-refractivity contribution in [1.82, 2.24) is 4.90 Å². The smallest absolute Gasteiger partial charge is 0.276 e. The van der Waals surface area contributed by atoms with Gasteiger partial charge in [0.05, 0.1) is 24.7 Å². The zero-order valence-corrected chi connectivity index (χ0v) is 15.2. The maximum absolute atomic E-state index is 12.6. The molecule has 0 saturated heterocycles. The van der Waals surface area contributed by atoms with Crippen molar-refractivity contribution in [1.29, 1.82) is 0 Å². The highest BCUT2D eigenvalue weighted by Gasteiger charge is 2.22. The summed E-state index contributed by atoms with van der Waals surface area (Å²) in [4.78, 5) is 24.9. The highest BCUT2D eigenvalue weighted by atomic mass is 16.6. The quantitative estimate of drug-likeness (QED) is 0.460. The molecule has 1 heterocycles. The van der Waals surface area contributed by atoms with E-state index < -0.39 is 4.92 Å². The predicted octanol–water partition coefficient (Wildman–Crippen LogP) is 3.21. The van der Waals surface area contributed by atoms with Crippen molar-refractivity contribution in [3.8, 4) is 11.5 Å². The molecule has 0 bridgehead atoms. The summed E-state index contributed by atoms with van der Waals surface area (Å²) in [7, 11) is 3.17. The van der Waals surface area contributed by atoms with Gasteiger partial charge >= 0.3 is 0 Å². The summed E-state index contributed by atoms with van der Waals surface area (Å²) in [6.45, 7) is 1.03. The van der Waals surface area contributed by atoms with Crippen molar-refractivity contribution in [2.45, 2.75) is 13.0 Å². The molecule has 0 spiro atoms. The van der Waals surface area contributed by atoms with Gasteiger partial charge in [0, 0.05) is 25.2 Å². The van der Waals surface area contributed by atoms with Crippen LogP contribution in [0.1, 0.15) is 16.7 Å². The van der Waals surface area contributed by atoms with Gasteiger partial charge < -0.3 is 14.4 Å². The van der Waals surface area contributed by atoms with Gasteiger partial charge in [-0.15, -0.1) is 0 Å². The van der Waals surface area contributed by atoms with Crippen molar-refractivity contribution in [2.75, 3.05) is 20.8 Å². The number of fused-ring (bicyclic) bond motifs is 1. The Hall–Kier alpha value is -3.35. The molecule has 0 aromatic heterocycles. The van der Waals surface area contributed by atoms with Crippen LogP contribution in [0.3, 0.4) is 0 Å². The van der Waals surface area contributed by atoms with Crippen LogP contribution in [0.15, 0.2) is 42.5 Å². The number of carbonyl (C=O) groups is 1. The van der Waals surface area contributed by atoms with Crippen LogP contribution in [0.4, 0.5) is 5.69 Å². The minimum Gasteiger partial charge on any atom is -0.493 e. The van der Waals surface area contributed by atoms with E-state index >= 15 is 0 Å². The molecule has 1 aliphatic heterocycles. The molecular formula is C20H20N2O5. The number of rotatable bonds is 5. The van der Waals surface area contributed by atoms with E-state index in [-0.39, 0.29) is 11.6 Å². The molecule has 3 rings (SSSR count). The Labute approximate surface area is 157 Å². The average Bonchev–Trinajstić information content (AvgIpc) is 2.70. The van der Waals surface area contributed by atoms with Gasteiger partial charge in [-0.2, -0.15) is 0 Å². The predicted molar refractivity (Wildman–Crippen MR) is 101 cm³/mol. The first kappa shape index (κ1) is 18.4. The van der Waals surface area contributed by atoms with Crippen LogP contribution in [0, 0.1) is 10.1 Å². The lowest BCUT2D eigenvalue weighted by molar-refractivity contribution is -0.385. The number of para-hydroxylation sites is 1. The fraction of sp³-hybridized carbons (Fsp3) is 0.250. The molecule has 27 heavy (non-hydrogen) atoms. The second-order valence-electron chi connectivity index (χ2n) is 6.13. The van der Waals surface area contributed by atoms with Gasteiger partial charge in [-0.1, -0.05) is 12.1 Å². The lowest BCUT2D eigenvalue weighted by Crippen LogP contribution is -2.34. The van der Waals surface area contributed by atoms with Crippen LogP contribution < -0.4 is 9.47 Å². The van der Waals surface area contributed by atoms with Crippen LogP contribution in [0.5, 0.6) is 11.5 Å². The Kier molecular flexibility index (Phi) is 5.40. The fourth-order valence-electron chi connectivity index (χ4n) is 3.13. The lowest BCUT2D eigenvalue weighted by Gasteiger charge is -2.28. The summed E-state index contributed by atoms with van der Waals surface area (Å²) in [6, 6.07) is 10.2. The van der Waals surface area contributed by atoms with E-state index in [1.807, 2.05) is 12.1 Å².